The number of nitrogens with one attached hydrogen (secondary N) is 2. The number of ether oxygens (including phenoxy) is 10. The molecule has 8 N–H and O–H groups in total. The van der Waals surface area contributed by atoms with Crippen molar-refractivity contribution in [2.75, 3.05) is 81.7 Å². The van der Waals surface area contributed by atoms with Crippen molar-refractivity contribution in [1.29, 1.82) is 0 Å². The molecule has 0 aromatic heterocycles. The molecule has 40 heteroatoms. The fourth-order valence-electron chi connectivity index (χ4n) is 13.0. The number of benzene rings is 12. The number of nitrogens with zero attached hydrogens (tertiary/aromatic N) is 1. The number of anilines is 2. The summed E-state index contributed by atoms with van der Waals surface area (Å²) in [6.45, 7) is -0.940. The van der Waals surface area contributed by atoms with Crippen LogP contribution in [-0.2, 0) is 54.0 Å². The largest absolute Gasteiger partial charge is 0.497 e. The predicted molar refractivity (Wildman–Crippen MR) is 531 cm³/mol. The zero-order valence-corrected chi connectivity index (χ0v) is 81.9. The number of amides is 2. The second kappa shape index (κ2) is 58.9. The Hall–Kier alpha value is -16.8. The van der Waals surface area contributed by atoms with Gasteiger partial charge < -0.3 is 88.6 Å². The number of hydrogen-bond acceptors (Lipinski definition) is 26. The maximum absolute atomic E-state index is 13.4. The van der Waals surface area contributed by atoms with Gasteiger partial charge in [0.05, 0.1) is 133 Å². The van der Waals surface area contributed by atoms with Gasteiger partial charge in [-0.15, -0.1) is 0 Å². The molecule has 0 heterocycles. The summed E-state index contributed by atoms with van der Waals surface area (Å²) in [4.78, 5) is 106. The predicted octanol–water partition coefficient (Wildman–Crippen LogP) is 19.2. The number of aliphatic hydroxyl groups excluding tert-OH is 6. The van der Waals surface area contributed by atoms with Crippen molar-refractivity contribution in [3.05, 3.63) is 388 Å². The van der Waals surface area contributed by atoms with Gasteiger partial charge in [-0.25, -0.2) is 43.9 Å². The van der Waals surface area contributed by atoms with E-state index in [2.05, 4.69) is 26.6 Å². The topological polar surface area (TPSA) is 417 Å². The lowest BCUT2D eigenvalue weighted by molar-refractivity contribution is -0.384. The minimum absolute atomic E-state index is 0.0158. The van der Waals surface area contributed by atoms with Crippen molar-refractivity contribution in [3.8, 4) is 57.5 Å². The number of hydrogen-bond donors (Lipinski definition) is 8. The van der Waals surface area contributed by atoms with Crippen LogP contribution in [0.15, 0.2) is 231 Å². The summed E-state index contributed by atoms with van der Waals surface area (Å²) in [5.41, 5.74) is 5.79. The van der Waals surface area contributed by atoms with Gasteiger partial charge in [-0.05, 0) is 214 Å². The van der Waals surface area contributed by atoms with Gasteiger partial charge in [0.25, 0.3) is 5.69 Å². The molecule has 0 bridgehead atoms. The highest BCUT2D eigenvalue weighted by atomic mass is 79.9. The van der Waals surface area contributed by atoms with Crippen LogP contribution in [-0.4, -0.2) is 158 Å². The first-order chi connectivity index (χ1) is 70.8. The summed E-state index contributed by atoms with van der Waals surface area (Å²) in [5.74, 6) is -23.4. The SMILES string of the molecule is COc1cc(/C=C/C(=O)/C=C/c2cc(OC)c(OC)c(OC)c2)cc(CO)c1CO.COc1ccc(C(=O)C(Br)C(=O)c2ccc([N+](=O)[O-])cc2)cc1.COc1ccc(C(=O)CC(=O)c2cccc(CO)c2)cc1OC.COc1ccc(NC(=O)/C=C/c2ccc(CO)c(CO)c2)cc1OC.COc1ccc(NC(=O)/C=C/c2ccc(CO)cc2)cc1.O=C(/C=C/c1c(F)c(F)c(F)c(F)c1F)c1c(F)c(F)c(F)c(F)c1F. The summed E-state index contributed by atoms with van der Waals surface area (Å²) in [5, 5.41) is 71.6. The standard InChI is InChI=1S/C23H26O7.C19H21NO5.C18H18O5.C17H17NO3.C16H12BrNO5.C15H2F10O/c1-27-20-10-15(9-17(13-24)19(20)14-25)5-7-18(26)8-6-16-11-21(28-2)23(30-4)22(12-16)29-3;1-24-17-7-6-16(10-18(17)25-2)20-19(23)8-4-13-3-5-14(11-21)15(9-13)12-22;1-22-17-7-6-14(9-18(17)23-2)16(21)10-15(20)13-5-3-4-12(8-13)11-19;1-21-16-9-7-15(8-10-16)18-17(20)11-6-13-2-4-14(12-19)5-3-13;1-23-13-8-4-11(5-9-13)16(20)14(17)15(19)10-2-6-12(7-3-10)18(21)22;16-6-3(7(17)11(21)14(24)10(6)20)1-2-4(26)5-8(18)12(22)15(25)13(23)9(5)19/h5-12,24-25H,13-14H2,1-4H3;3-10,21-22H,11-12H2,1-2H3,(H,20,23);3-9,19H,10-11H2,1-2H3;2-11,19H,12H2,1H3,(H,18,20);2-9,14H,1H3;1-2H/b7-5+,8-6+;8-4+;;11-6+;;2-1+. The molecule has 0 aliphatic rings. The Morgan fingerprint density at radius 3 is 1.23 bits per heavy atom. The van der Waals surface area contributed by atoms with Gasteiger partial charge in [-0.3, -0.25) is 48.5 Å². The summed E-state index contributed by atoms with van der Waals surface area (Å²) < 4.78 is 183. The Kier molecular flexibility index (Phi) is 47.0. The van der Waals surface area contributed by atoms with E-state index in [-0.39, 0.29) is 98.6 Å². The zero-order valence-electron chi connectivity index (χ0n) is 80.3. The molecule has 776 valence electrons. The first-order valence-electron chi connectivity index (χ1n) is 43.2. The first kappa shape index (κ1) is 118. The van der Waals surface area contributed by atoms with Crippen LogP contribution in [0.3, 0.4) is 0 Å². The molecule has 2 amide bonds. The van der Waals surface area contributed by atoms with E-state index < -0.39 is 96.4 Å². The molecular formula is C108H96BrF10N3O26. The molecule has 0 radical (unpaired) electrons. The van der Waals surface area contributed by atoms with E-state index in [0.717, 1.165) is 22.4 Å². The minimum Gasteiger partial charge on any atom is -0.497 e. The van der Waals surface area contributed by atoms with Crippen LogP contribution in [0.4, 0.5) is 61.0 Å². The van der Waals surface area contributed by atoms with E-state index in [1.165, 1.54) is 105 Å². The Morgan fingerprint density at radius 2 is 0.757 bits per heavy atom. The normalized spacial score (nSPS) is 11.0. The molecule has 29 nitrogen and oxygen atoms in total. The number of ketones is 6. The molecule has 12 aromatic rings. The number of nitro groups is 1. The molecule has 0 aliphatic carbocycles. The van der Waals surface area contributed by atoms with Crippen molar-refractivity contribution >= 4 is 110 Å². The number of allylic oxidation sites excluding steroid dienone is 3. The number of halogens is 11. The van der Waals surface area contributed by atoms with Crippen LogP contribution in [0.25, 0.3) is 30.4 Å². The van der Waals surface area contributed by atoms with Crippen molar-refractivity contribution in [3.63, 3.8) is 0 Å². The third-order valence-corrected chi connectivity index (χ3v) is 21.6. The average molecular weight is 2120 g/mol. The fraction of sp³-hybridized carbons (Fsp3) is 0.167. The third-order valence-electron chi connectivity index (χ3n) is 20.8. The highest BCUT2D eigenvalue weighted by Gasteiger charge is 2.32. The highest BCUT2D eigenvalue weighted by molar-refractivity contribution is 9.10. The van der Waals surface area contributed by atoms with Crippen molar-refractivity contribution in [2.24, 2.45) is 0 Å². The molecule has 0 fully saturated rings. The monoisotopic (exact) mass is 2120 g/mol. The number of aliphatic hydroxyl groups is 6. The Balaban J connectivity index is 0.000000241. The minimum atomic E-state index is -2.56. The highest BCUT2D eigenvalue weighted by Crippen LogP contribution is 2.40. The van der Waals surface area contributed by atoms with Crippen LogP contribution >= 0.6 is 15.9 Å². The lowest BCUT2D eigenvalue weighted by Gasteiger charge is -2.12. The smallest absolute Gasteiger partial charge is 0.269 e. The van der Waals surface area contributed by atoms with Crippen LogP contribution in [0.5, 0.6) is 57.5 Å². The molecule has 1 atom stereocenters. The van der Waals surface area contributed by atoms with Crippen LogP contribution in [0.1, 0.15) is 119 Å². The zero-order chi connectivity index (χ0) is 109. The van der Waals surface area contributed by atoms with Gasteiger partial charge in [0.2, 0.25) is 29.2 Å². The van der Waals surface area contributed by atoms with Crippen LogP contribution < -0.4 is 58.0 Å². The van der Waals surface area contributed by atoms with E-state index in [0.29, 0.717) is 119 Å². The van der Waals surface area contributed by atoms with E-state index in [4.69, 9.17) is 57.6 Å². The van der Waals surface area contributed by atoms with Crippen LogP contribution in [0, 0.1) is 68.3 Å². The summed E-state index contributed by atoms with van der Waals surface area (Å²) in [7, 11) is 15.2. The summed E-state index contributed by atoms with van der Waals surface area (Å²) in [6, 6.07) is 54.5. The second-order valence-electron chi connectivity index (χ2n) is 30.1. The number of non-ortho nitro benzene ring substituents is 1. The van der Waals surface area contributed by atoms with E-state index in [1.807, 2.05) is 24.3 Å². The van der Waals surface area contributed by atoms with Gasteiger partial charge >= 0.3 is 0 Å². The van der Waals surface area contributed by atoms with Crippen molar-refractivity contribution in [1.82, 2.24) is 0 Å². The Bertz CT molecular complexity index is 6700. The first-order valence-corrected chi connectivity index (χ1v) is 44.1. The number of nitro benzene ring substituents is 1. The van der Waals surface area contributed by atoms with Gasteiger partial charge in [0.1, 0.15) is 22.1 Å². The number of Topliss-reactive ketones (excluding diaryl/α,β-unsaturated/α-hetero) is 4. The molecular weight excluding hydrogens is 2030 g/mol. The van der Waals surface area contributed by atoms with Gasteiger partial charge in [0, 0.05) is 69.5 Å². The summed E-state index contributed by atoms with van der Waals surface area (Å²) >= 11 is 3.10. The lowest BCUT2D eigenvalue weighted by Crippen LogP contribution is -2.24. The average Bonchev–Trinajstić information content (AvgIpc) is 0.780. The third kappa shape index (κ3) is 33.1. The van der Waals surface area contributed by atoms with Crippen LogP contribution in [0.2, 0.25) is 0 Å². The Labute approximate surface area is 848 Å². The maximum atomic E-state index is 13.4. The molecule has 12 aromatic carbocycles. The van der Waals surface area contributed by atoms with Gasteiger partial charge in [0.15, 0.2) is 116 Å². The molecule has 1 unspecified atom stereocenters. The van der Waals surface area contributed by atoms with Gasteiger partial charge in [-0.1, -0.05) is 82.7 Å². The number of methoxy groups -OCH3 is 10. The Morgan fingerprint density at radius 1 is 0.345 bits per heavy atom. The fourth-order valence-corrected chi connectivity index (χ4v) is 13.5. The van der Waals surface area contributed by atoms with Crippen molar-refractivity contribution in [2.45, 2.75) is 50.9 Å². The molecule has 0 saturated heterocycles. The number of carbonyl (C=O) groups excluding carboxylic acids is 8. The molecule has 0 spiro atoms. The van der Waals surface area contributed by atoms with Gasteiger partial charge in [-0.2, -0.15) is 0 Å². The number of alkyl halides is 1. The number of carbonyl (C=O) groups is 8. The molecule has 148 heavy (non-hydrogen) atoms. The summed E-state index contributed by atoms with van der Waals surface area (Å²) in [6.07, 6.45) is 11.9. The van der Waals surface area contributed by atoms with E-state index in [9.17, 15) is 113 Å². The maximum Gasteiger partial charge on any atom is 0.269 e. The molecule has 0 saturated carbocycles. The van der Waals surface area contributed by atoms with Crippen molar-refractivity contribution < 1.29 is 165 Å². The molecule has 0 aliphatic heterocycles. The quantitative estimate of drug-likeness (QED) is 0.00205. The number of rotatable bonds is 38. The molecule has 12 rings (SSSR count). The second-order valence-corrected chi connectivity index (χ2v) is 31.0. The van der Waals surface area contributed by atoms with E-state index in [1.54, 1.807) is 190 Å². The van der Waals surface area contributed by atoms with E-state index >= 15 is 0 Å². The lowest BCUT2D eigenvalue weighted by atomic mass is 10.00.